The molecule has 94 valence electrons. The molecule has 0 saturated heterocycles. The lowest BCUT2D eigenvalue weighted by atomic mass is 10.3. The molecular formula is C11H17N3O3. The van der Waals surface area contributed by atoms with Crippen molar-refractivity contribution in [2.24, 2.45) is 0 Å². The van der Waals surface area contributed by atoms with Crippen LogP contribution in [0.4, 0.5) is 0 Å². The average Bonchev–Trinajstić information content (AvgIpc) is 2.82. The summed E-state index contributed by atoms with van der Waals surface area (Å²) in [5.41, 5.74) is 0. The Labute approximate surface area is 99.9 Å². The smallest absolute Gasteiger partial charge is 0.307 e. The van der Waals surface area contributed by atoms with Crippen molar-refractivity contribution in [3.05, 3.63) is 18.5 Å². The van der Waals surface area contributed by atoms with Gasteiger partial charge in [-0.25, -0.2) is 0 Å². The van der Waals surface area contributed by atoms with Crippen LogP contribution >= 0.6 is 0 Å². The number of rotatable bonds is 7. The molecule has 0 aromatic carbocycles. The maximum Gasteiger partial charge on any atom is 0.307 e. The quantitative estimate of drug-likeness (QED) is 0.696. The molecule has 0 atom stereocenters. The first-order valence-electron chi connectivity index (χ1n) is 5.53. The first kappa shape index (κ1) is 13.2. The first-order chi connectivity index (χ1) is 8.22. The van der Waals surface area contributed by atoms with E-state index >= 15 is 0 Å². The van der Waals surface area contributed by atoms with Crippen LogP contribution in [0.25, 0.3) is 0 Å². The highest BCUT2D eigenvalue weighted by Crippen LogP contribution is 1.94. The second-order valence-electron chi connectivity index (χ2n) is 3.55. The highest BCUT2D eigenvalue weighted by Gasteiger charge is 2.03. The van der Waals surface area contributed by atoms with E-state index in [2.05, 4.69) is 15.2 Å². The lowest BCUT2D eigenvalue weighted by molar-refractivity contribution is -0.140. The van der Waals surface area contributed by atoms with Crippen molar-refractivity contribution in [2.45, 2.75) is 25.8 Å². The predicted molar refractivity (Wildman–Crippen MR) is 61.1 cm³/mol. The molecule has 1 N–H and O–H groups in total. The number of carbonyl (C=O) groups excluding carboxylic acids is 2. The molecule has 0 bridgehead atoms. The van der Waals surface area contributed by atoms with E-state index in [1.165, 1.54) is 7.11 Å². The van der Waals surface area contributed by atoms with Gasteiger partial charge >= 0.3 is 5.97 Å². The van der Waals surface area contributed by atoms with Gasteiger partial charge in [-0.15, -0.1) is 0 Å². The van der Waals surface area contributed by atoms with E-state index in [-0.39, 0.29) is 18.3 Å². The van der Waals surface area contributed by atoms with Crippen LogP contribution in [0.5, 0.6) is 0 Å². The highest BCUT2D eigenvalue weighted by atomic mass is 16.5. The van der Waals surface area contributed by atoms with Gasteiger partial charge in [0.1, 0.15) is 0 Å². The molecule has 17 heavy (non-hydrogen) atoms. The van der Waals surface area contributed by atoms with Gasteiger partial charge in [0.2, 0.25) is 5.91 Å². The monoisotopic (exact) mass is 239 g/mol. The average molecular weight is 239 g/mol. The van der Waals surface area contributed by atoms with Gasteiger partial charge in [0, 0.05) is 31.9 Å². The summed E-state index contributed by atoms with van der Waals surface area (Å²) in [5.74, 6) is -0.372. The van der Waals surface area contributed by atoms with Crippen molar-refractivity contribution in [2.75, 3.05) is 13.7 Å². The Balaban J connectivity index is 2.03. The van der Waals surface area contributed by atoms with Crippen LogP contribution in [0.1, 0.15) is 19.3 Å². The van der Waals surface area contributed by atoms with E-state index in [9.17, 15) is 9.59 Å². The molecule has 1 heterocycles. The van der Waals surface area contributed by atoms with Gasteiger partial charge in [0.15, 0.2) is 0 Å². The van der Waals surface area contributed by atoms with Crippen molar-refractivity contribution in [1.82, 2.24) is 15.1 Å². The molecule has 1 aromatic heterocycles. The van der Waals surface area contributed by atoms with Crippen molar-refractivity contribution in [3.63, 3.8) is 0 Å². The number of ether oxygens (including phenoxy) is 1. The lowest BCUT2D eigenvalue weighted by Crippen LogP contribution is -2.26. The van der Waals surface area contributed by atoms with Gasteiger partial charge in [-0.3, -0.25) is 14.3 Å². The molecule has 6 heteroatoms. The topological polar surface area (TPSA) is 73.2 Å². The summed E-state index contributed by atoms with van der Waals surface area (Å²) >= 11 is 0. The zero-order valence-electron chi connectivity index (χ0n) is 9.89. The van der Waals surface area contributed by atoms with Crippen molar-refractivity contribution in [3.8, 4) is 0 Å². The third-order valence-corrected chi connectivity index (χ3v) is 2.23. The Hall–Kier alpha value is -1.85. The SMILES string of the molecule is COC(=O)CCNC(=O)CCCn1cccn1. The molecular weight excluding hydrogens is 222 g/mol. The minimum absolute atomic E-state index is 0.0546. The minimum Gasteiger partial charge on any atom is -0.469 e. The molecule has 0 aliphatic rings. The fourth-order valence-electron chi connectivity index (χ4n) is 1.33. The molecule has 0 saturated carbocycles. The normalized spacial score (nSPS) is 9.94. The van der Waals surface area contributed by atoms with Crippen molar-refractivity contribution in [1.29, 1.82) is 0 Å². The third kappa shape index (κ3) is 5.70. The number of amides is 1. The van der Waals surface area contributed by atoms with E-state index in [0.717, 1.165) is 13.0 Å². The van der Waals surface area contributed by atoms with E-state index in [1.807, 2.05) is 12.3 Å². The summed E-state index contributed by atoms with van der Waals surface area (Å²) in [6.07, 6.45) is 4.93. The Morgan fingerprint density at radius 1 is 1.41 bits per heavy atom. The maximum atomic E-state index is 11.3. The number of carbonyl (C=O) groups is 2. The summed E-state index contributed by atoms with van der Waals surface area (Å²) in [6.45, 7) is 1.05. The number of aryl methyl sites for hydroxylation is 1. The van der Waals surface area contributed by atoms with Crippen LogP contribution in [0.3, 0.4) is 0 Å². The number of nitrogens with one attached hydrogen (secondary N) is 1. The van der Waals surface area contributed by atoms with Crippen LogP contribution in [0.15, 0.2) is 18.5 Å². The summed E-state index contributed by atoms with van der Waals surface area (Å²) in [7, 11) is 1.33. The van der Waals surface area contributed by atoms with Crippen LogP contribution in [0, 0.1) is 0 Å². The van der Waals surface area contributed by atoms with Gasteiger partial charge < -0.3 is 10.1 Å². The Bertz CT molecular complexity index is 349. The van der Waals surface area contributed by atoms with Crippen LogP contribution < -0.4 is 5.32 Å². The number of nitrogens with zero attached hydrogens (tertiary/aromatic N) is 2. The number of esters is 1. The molecule has 0 spiro atoms. The van der Waals surface area contributed by atoms with Crippen LogP contribution in [0.2, 0.25) is 0 Å². The largest absolute Gasteiger partial charge is 0.469 e. The molecule has 1 aromatic rings. The lowest BCUT2D eigenvalue weighted by Gasteiger charge is -2.04. The molecule has 1 amide bonds. The molecule has 0 unspecified atom stereocenters. The standard InChI is InChI=1S/C11H17N3O3/c1-17-11(16)5-7-12-10(15)4-2-8-14-9-3-6-13-14/h3,6,9H,2,4-5,7-8H2,1H3,(H,12,15). The second kappa shape index (κ2) is 7.43. The van der Waals surface area contributed by atoms with Crippen molar-refractivity contribution < 1.29 is 14.3 Å². The molecule has 0 fully saturated rings. The zero-order chi connectivity index (χ0) is 12.5. The van der Waals surface area contributed by atoms with Gasteiger partial charge in [0.25, 0.3) is 0 Å². The number of methoxy groups -OCH3 is 1. The zero-order valence-corrected chi connectivity index (χ0v) is 9.89. The number of aromatic nitrogens is 2. The Morgan fingerprint density at radius 2 is 2.24 bits per heavy atom. The van der Waals surface area contributed by atoms with E-state index in [1.54, 1.807) is 10.9 Å². The molecule has 0 aliphatic heterocycles. The fourth-order valence-corrected chi connectivity index (χ4v) is 1.33. The molecule has 1 rings (SSSR count). The third-order valence-electron chi connectivity index (χ3n) is 2.23. The summed E-state index contributed by atoms with van der Waals surface area (Å²) in [6, 6.07) is 1.84. The summed E-state index contributed by atoms with van der Waals surface area (Å²) in [5, 5.41) is 6.69. The van der Waals surface area contributed by atoms with Crippen LogP contribution in [-0.4, -0.2) is 35.3 Å². The van der Waals surface area contributed by atoms with Gasteiger partial charge in [-0.1, -0.05) is 0 Å². The van der Waals surface area contributed by atoms with Crippen molar-refractivity contribution >= 4 is 11.9 Å². The highest BCUT2D eigenvalue weighted by molar-refractivity contribution is 5.76. The summed E-state index contributed by atoms with van der Waals surface area (Å²) < 4.78 is 6.24. The van der Waals surface area contributed by atoms with Gasteiger partial charge in [-0.05, 0) is 12.5 Å². The Morgan fingerprint density at radius 3 is 2.88 bits per heavy atom. The van der Waals surface area contributed by atoms with Gasteiger partial charge in [-0.2, -0.15) is 5.10 Å². The number of hydrogen-bond acceptors (Lipinski definition) is 4. The van der Waals surface area contributed by atoms with Gasteiger partial charge in [0.05, 0.1) is 13.5 Å². The fraction of sp³-hybridized carbons (Fsp3) is 0.545. The maximum absolute atomic E-state index is 11.3. The van der Waals surface area contributed by atoms with E-state index < -0.39 is 0 Å². The molecule has 0 radical (unpaired) electrons. The minimum atomic E-state index is -0.318. The predicted octanol–water partition coefficient (Wildman–Crippen LogP) is 0.343. The molecule has 0 aliphatic carbocycles. The van der Waals surface area contributed by atoms with Crippen LogP contribution in [-0.2, 0) is 20.9 Å². The summed E-state index contributed by atoms with van der Waals surface area (Å²) in [4.78, 5) is 22.1. The van der Waals surface area contributed by atoms with E-state index in [4.69, 9.17) is 0 Å². The Kier molecular flexibility index (Phi) is 5.77. The first-order valence-corrected chi connectivity index (χ1v) is 5.53. The second-order valence-corrected chi connectivity index (χ2v) is 3.55. The van der Waals surface area contributed by atoms with E-state index in [0.29, 0.717) is 13.0 Å². The molecule has 6 nitrogen and oxygen atoms in total. The number of hydrogen-bond donors (Lipinski definition) is 1.